The third kappa shape index (κ3) is 5.92. The first-order chi connectivity index (χ1) is 17.0. The van der Waals surface area contributed by atoms with Gasteiger partial charge in [0.25, 0.3) is 0 Å². The van der Waals surface area contributed by atoms with Crippen LogP contribution in [0.25, 0.3) is 17.1 Å². The molecule has 1 atom stereocenters. The summed E-state index contributed by atoms with van der Waals surface area (Å²) >= 11 is 1.36. The Hall–Kier alpha value is -3.58. The number of benzene rings is 3. The predicted molar refractivity (Wildman–Crippen MR) is 143 cm³/mol. The van der Waals surface area contributed by atoms with Crippen molar-refractivity contribution in [1.82, 2.24) is 14.8 Å². The smallest absolute Gasteiger partial charge is 0.234 e. The molecule has 1 aromatic heterocycles. The number of amides is 1. The van der Waals surface area contributed by atoms with Crippen molar-refractivity contribution in [3.63, 3.8) is 0 Å². The van der Waals surface area contributed by atoms with Gasteiger partial charge in [0, 0.05) is 16.9 Å². The van der Waals surface area contributed by atoms with Crippen LogP contribution in [0.5, 0.6) is 5.75 Å². The number of hydrogen-bond acceptors (Lipinski definition) is 5. The molecule has 1 heterocycles. The lowest BCUT2D eigenvalue weighted by Crippen LogP contribution is -2.14. The first-order valence-corrected chi connectivity index (χ1v) is 12.7. The van der Waals surface area contributed by atoms with Gasteiger partial charge in [-0.2, -0.15) is 0 Å². The highest BCUT2D eigenvalue weighted by Crippen LogP contribution is 2.29. The van der Waals surface area contributed by atoms with Gasteiger partial charge in [-0.3, -0.25) is 9.36 Å². The molecule has 1 N–H and O–H groups in total. The third-order valence-electron chi connectivity index (χ3n) is 5.95. The highest BCUT2D eigenvalue weighted by atomic mass is 32.2. The Morgan fingerprint density at radius 1 is 1.06 bits per heavy atom. The molecule has 0 fully saturated rings. The van der Waals surface area contributed by atoms with E-state index < -0.39 is 0 Å². The van der Waals surface area contributed by atoms with Crippen molar-refractivity contribution in [3.8, 4) is 22.8 Å². The van der Waals surface area contributed by atoms with Crippen LogP contribution in [-0.2, 0) is 4.79 Å². The molecule has 3 aromatic carbocycles. The van der Waals surface area contributed by atoms with E-state index in [0.29, 0.717) is 11.1 Å². The van der Waals surface area contributed by atoms with Crippen molar-refractivity contribution in [2.75, 3.05) is 18.2 Å². The average molecular weight is 487 g/mol. The zero-order valence-corrected chi connectivity index (χ0v) is 21.3. The minimum Gasteiger partial charge on any atom is -0.497 e. The molecule has 35 heavy (non-hydrogen) atoms. The molecule has 1 amide bonds. The van der Waals surface area contributed by atoms with Crippen LogP contribution >= 0.6 is 11.8 Å². The van der Waals surface area contributed by atoms with Crippen molar-refractivity contribution in [2.45, 2.75) is 38.3 Å². The Labute approximate surface area is 210 Å². The van der Waals surface area contributed by atoms with Gasteiger partial charge in [-0.25, -0.2) is 0 Å². The van der Waals surface area contributed by atoms with E-state index in [1.165, 1.54) is 17.3 Å². The number of aromatic nitrogens is 3. The second-order valence-corrected chi connectivity index (χ2v) is 9.42. The second-order valence-electron chi connectivity index (χ2n) is 8.48. The summed E-state index contributed by atoms with van der Waals surface area (Å²) in [7, 11) is 1.64. The number of aryl methyl sites for hydroxylation is 1. The number of ether oxygens (including phenoxy) is 1. The number of hydrogen-bond donors (Lipinski definition) is 1. The minimum atomic E-state index is -0.0901. The van der Waals surface area contributed by atoms with Crippen LogP contribution in [0.4, 0.5) is 5.69 Å². The minimum absolute atomic E-state index is 0.0901. The molecule has 0 aliphatic rings. The highest BCUT2D eigenvalue weighted by Gasteiger charge is 2.18. The number of carbonyl (C=O) groups is 1. The van der Waals surface area contributed by atoms with Gasteiger partial charge in [-0.15, -0.1) is 10.2 Å². The van der Waals surface area contributed by atoms with E-state index in [0.717, 1.165) is 40.5 Å². The Bertz CT molecular complexity index is 1280. The van der Waals surface area contributed by atoms with Crippen LogP contribution in [-0.4, -0.2) is 33.5 Å². The van der Waals surface area contributed by atoms with Gasteiger partial charge >= 0.3 is 0 Å². The quantitative estimate of drug-likeness (QED) is 0.274. The van der Waals surface area contributed by atoms with E-state index in [4.69, 9.17) is 4.74 Å². The SMILES string of the molecule is CCC(C)c1ccc(NC(=O)CSc2nnc(-c3cccc(C)c3)n2-c2ccc(OC)cc2)cc1. The summed E-state index contributed by atoms with van der Waals surface area (Å²) in [5, 5.41) is 12.5. The lowest BCUT2D eigenvalue weighted by Gasteiger charge is -2.12. The second kappa shape index (κ2) is 11.2. The summed E-state index contributed by atoms with van der Waals surface area (Å²) in [6.45, 7) is 6.42. The van der Waals surface area contributed by atoms with E-state index in [-0.39, 0.29) is 11.7 Å². The molecule has 6 nitrogen and oxygen atoms in total. The van der Waals surface area contributed by atoms with Gasteiger partial charge in [0.05, 0.1) is 12.9 Å². The zero-order valence-electron chi connectivity index (χ0n) is 20.5. The van der Waals surface area contributed by atoms with Crippen LogP contribution in [0.15, 0.2) is 78.0 Å². The third-order valence-corrected chi connectivity index (χ3v) is 6.88. The number of rotatable bonds is 9. The molecule has 0 saturated carbocycles. The van der Waals surface area contributed by atoms with E-state index in [1.54, 1.807) is 7.11 Å². The van der Waals surface area contributed by atoms with Crippen LogP contribution in [0.3, 0.4) is 0 Å². The first-order valence-electron chi connectivity index (χ1n) is 11.7. The van der Waals surface area contributed by atoms with Gasteiger partial charge in [0.2, 0.25) is 5.91 Å². The van der Waals surface area contributed by atoms with Crippen molar-refractivity contribution < 1.29 is 9.53 Å². The Kier molecular flexibility index (Phi) is 7.87. The summed E-state index contributed by atoms with van der Waals surface area (Å²) < 4.78 is 7.29. The van der Waals surface area contributed by atoms with Crippen molar-refractivity contribution in [2.24, 2.45) is 0 Å². The molecule has 0 bridgehead atoms. The molecule has 0 aliphatic carbocycles. The maximum absolute atomic E-state index is 12.7. The van der Waals surface area contributed by atoms with E-state index in [9.17, 15) is 4.79 Å². The fourth-order valence-electron chi connectivity index (χ4n) is 3.76. The summed E-state index contributed by atoms with van der Waals surface area (Å²) in [6, 6.07) is 23.9. The maximum atomic E-state index is 12.7. The largest absolute Gasteiger partial charge is 0.497 e. The molecule has 7 heteroatoms. The topological polar surface area (TPSA) is 69.0 Å². The van der Waals surface area contributed by atoms with E-state index >= 15 is 0 Å². The van der Waals surface area contributed by atoms with Crippen LogP contribution in [0, 0.1) is 6.92 Å². The fraction of sp³-hybridized carbons (Fsp3) is 0.250. The van der Waals surface area contributed by atoms with Gasteiger partial charge in [-0.05, 0) is 67.3 Å². The number of methoxy groups -OCH3 is 1. The zero-order chi connectivity index (χ0) is 24.8. The van der Waals surface area contributed by atoms with Crippen molar-refractivity contribution >= 4 is 23.4 Å². The normalized spacial score (nSPS) is 11.8. The Balaban J connectivity index is 1.54. The van der Waals surface area contributed by atoms with Crippen LogP contribution in [0.2, 0.25) is 0 Å². The predicted octanol–water partition coefficient (Wildman–Crippen LogP) is 6.50. The number of thioether (sulfide) groups is 1. The summed E-state index contributed by atoms with van der Waals surface area (Å²) in [5.41, 5.74) is 5.07. The highest BCUT2D eigenvalue weighted by molar-refractivity contribution is 7.99. The molecule has 180 valence electrons. The number of anilines is 1. The Morgan fingerprint density at radius 3 is 2.46 bits per heavy atom. The molecule has 4 aromatic rings. The fourth-order valence-corrected chi connectivity index (χ4v) is 4.51. The maximum Gasteiger partial charge on any atom is 0.234 e. The van der Waals surface area contributed by atoms with Crippen molar-refractivity contribution in [3.05, 3.63) is 83.9 Å². The molecule has 1 unspecified atom stereocenters. The van der Waals surface area contributed by atoms with E-state index in [1.807, 2.05) is 66.1 Å². The molecular formula is C28H30N4O2S. The summed E-state index contributed by atoms with van der Waals surface area (Å²) in [6.07, 6.45) is 1.09. The lowest BCUT2D eigenvalue weighted by atomic mass is 9.99. The first kappa shape index (κ1) is 24.5. The van der Waals surface area contributed by atoms with Crippen LogP contribution < -0.4 is 10.1 Å². The summed E-state index contributed by atoms with van der Waals surface area (Å²) in [5.74, 6) is 2.12. The van der Waals surface area contributed by atoms with E-state index in [2.05, 4.69) is 47.6 Å². The number of carbonyl (C=O) groups excluding carboxylic acids is 1. The number of nitrogens with one attached hydrogen (secondary N) is 1. The molecule has 0 radical (unpaired) electrons. The monoisotopic (exact) mass is 486 g/mol. The molecular weight excluding hydrogens is 456 g/mol. The molecule has 4 rings (SSSR count). The molecule has 0 saturated heterocycles. The van der Waals surface area contributed by atoms with Gasteiger partial charge in [-0.1, -0.05) is 61.5 Å². The molecule has 0 spiro atoms. The lowest BCUT2D eigenvalue weighted by molar-refractivity contribution is -0.113. The summed E-state index contributed by atoms with van der Waals surface area (Å²) in [4.78, 5) is 12.7. The average Bonchev–Trinajstić information content (AvgIpc) is 3.31. The van der Waals surface area contributed by atoms with Crippen molar-refractivity contribution in [1.29, 1.82) is 0 Å². The molecule has 0 aliphatic heterocycles. The standard InChI is InChI=1S/C28H30N4O2S/c1-5-20(3)21-9-11-23(12-10-21)29-26(33)18-35-28-31-30-27(22-8-6-7-19(2)17-22)32(28)24-13-15-25(34-4)16-14-24/h6-17,20H,5,18H2,1-4H3,(H,29,33). The van der Waals surface area contributed by atoms with Gasteiger partial charge in [0.15, 0.2) is 11.0 Å². The van der Waals surface area contributed by atoms with Crippen LogP contribution in [0.1, 0.15) is 37.3 Å². The Morgan fingerprint density at radius 2 is 1.80 bits per heavy atom. The van der Waals surface area contributed by atoms with Gasteiger partial charge < -0.3 is 10.1 Å². The number of nitrogens with zero attached hydrogens (tertiary/aromatic N) is 3. The van der Waals surface area contributed by atoms with Gasteiger partial charge in [0.1, 0.15) is 5.75 Å².